The number of carbonyl (C=O) groups excluding carboxylic acids is 1. The number of rotatable bonds is 9. The molecule has 1 heterocycles. The molecular weight excluding hydrogens is 426 g/mol. The molecule has 0 aliphatic heterocycles. The van der Waals surface area contributed by atoms with E-state index in [9.17, 15) is 18.3 Å². The van der Waals surface area contributed by atoms with Gasteiger partial charge in [0.1, 0.15) is 0 Å². The lowest BCUT2D eigenvalue weighted by molar-refractivity contribution is -0.123. The molecule has 2 saturated carbocycles. The van der Waals surface area contributed by atoms with Crippen molar-refractivity contribution >= 4 is 15.9 Å². The van der Waals surface area contributed by atoms with E-state index in [0.717, 1.165) is 5.56 Å². The van der Waals surface area contributed by atoms with Crippen LogP contribution in [0.25, 0.3) is 0 Å². The number of nitrogens with zero attached hydrogens (tertiary/aromatic N) is 1. The highest BCUT2D eigenvalue weighted by atomic mass is 32.2. The molecule has 180 valence electrons. The average molecular weight is 466 g/mol. The molecule has 32 heavy (non-hydrogen) atoms. The van der Waals surface area contributed by atoms with E-state index in [1.807, 2.05) is 26.0 Å². The van der Waals surface area contributed by atoms with Crippen molar-refractivity contribution in [1.29, 1.82) is 0 Å². The van der Waals surface area contributed by atoms with Crippen LogP contribution in [0.5, 0.6) is 0 Å². The highest BCUT2D eigenvalue weighted by molar-refractivity contribution is 7.89. The van der Waals surface area contributed by atoms with Gasteiger partial charge in [-0.05, 0) is 73.8 Å². The van der Waals surface area contributed by atoms with Gasteiger partial charge < -0.3 is 10.4 Å². The molecule has 8 heteroatoms. The first kappa shape index (κ1) is 25.1. The summed E-state index contributed by atoms with van der Waals surface area (Å²) in [5.41, 5.74) is -0.280. The summed E-state index contributed by atoms with van der Waals surface area (Å²) in [6.45, 7) is 8.51. The van der Waals surface area contributed by atoms with Gasteiger partial charge in [-0.3, -0.25) is 9.78 Å². The van der Waals surface area contributed by atoms with Crippen molar-refractivity contribution in [3.8, 4) is 0 Å². The molecule has 3 rings (SSSR count). The van der Waals surface area contributed by atoms with E-state index in [0.29, 0.717) is 51.5 Å². The molecule has 2 aliphatic rings. The number of pyridine rings is 1. The van der Waals surface area contributed by atoms with Gasteiger partial charge in [-0.25, -0.2) is 13.1 Å². The highest BCUT2D eigenvalue weighted by Gasteiger charge is 2.61. The molecule has 4 unspecified atom stereocenters. The van der Waals surface area contributed by atoms with Gasteiger partial charge in [-0.1, -0.05) is 26.8 Å². The van der Waals surface area contributed by atoms with Crippen LogP contribution in [0.4, 0.5) is 0 Å². The second-order valence-corrected chi connectivity index (χ2v) is 12.7. The van der Waals surface area contributed by atoms with Gasteiger partial charge >= 0.3 is 0 Å². The van der Waals surface area contributed by atoms with Crippen molar-refractivity contribution in [2.24, 2.45) is 16.7 Å². The van der Waals surface area contributed by atoms with E-state index >= 15 is 0 Å². The first-order chi connectivity index (χ1) is 14.9. The Balaban J connectivity index is 1.78. The predicted octanol–water partition coefficient (Wildman–Crippen LogP) is 3.14. The van der Waals surface area contributed by atoms with Crippen LogP contribution in [-0.2, 0) is 21.4 Å². The van der Waals surface area contributed by atoms with Gasteiger partial charge in [0.25, 0.3) is 0 Å². The molecule has 0 radical (unpaired) electrons. The van der Waals surface area contributed by atoms with Gasteiger partial charge in [0.15, 0.2) is 0 Å². The zero-order chi connectivity index (χ0) is 23.6. The monoisotopic (exact) mass is 465 g/mol. The van der Waals surface area contributed by atoms with E-state index in [-0.39, 0.29) is 34.4 Å². The van der Waals surface area contributed by atoms with Crippen LogP contribution in [0.2, 0.25) is 0 Å². The third kappa shape index (κ3) is 5.69. The molecule has 1 amide bonds. The smallest absolute Gasteiger partial charge is 0.220 e. The Morgan fingerprint density at radius 1 is 1.25 bits per heavy atom. The molecule has 2 aliphatic carbocycles. The van der Waals surface area contributed by atoms with E-state index in [1.54, 1.807) is 12.4 Å². The fraction of sp³-hybridized carbons (Fsp3) is 0.750. The largest absolute Gasteiger partial charge is 0.390 e. The van der Waals surface area contributed by atoms with Crippen LogP contribution in [-0.4, -0.2) is 41.8 Å². The molecular formula is C24H39N3O4S. The average Bonchev–Trinajstić information content (AvgIpc) is 2.91. The summed E-state index contributed by atoms with van der Waals surface area (Å²) in [4.78, 5) is 16.8. The predicted molar refractivity (Wildman–Crippen MR) is 125 cm³/mol. The Morgan fingerprint density at radius 3 is 2.66 bits per heavy atom. The Hall–Kier alpha value is -1.51. The van der Waals surface area contributed by atoms with Gasteiger partial charge in [-0.15, -0.1) is 0 Å². The SMILES string of the molecule is CCCS(=O)(=O)NC1CC(C)(C)C2CC(C)(O)CCC12CCC(=O)NCc1cccnc1. The van der Waals surface area contributed by atoms with E-state index in [4.69, 9.17) is 0 Å². The molecule has 1 aromatic rings. The number of aliphatic hydroxyl groups is 1. The minimum atomic E-state index is -3.39. The minimum absolute atomic E-state index is 0.0424. The number of nitrogens with one attached hydrogen (secondary N) is 2. The summed E-state index contributed by atoms with van der Waals surface area (Å²) < 4.78 is 28.4. The number of fused-ring (bicyclic) bond motifs is 1. The second-order valence-electron chi connectivity index (χ2n) is 10.8. The number of hydrogen-bond donors (Lipinski definition) is 3. The summed E-state index contributed by atoms with van der Waals surface area (Å²) in [7, 11) is -3.39. The summed E-state index contributed by atoms with van der Waals surface area (Å²) in [6.07, 6.45) is 7.60. The second kappa shape index (κ2) is 9.39. The molecule has 4 atom stereocenters. The van der Waals surface area contributed by atoms with Gasteiger partial charge in [0.2, 0.25) is 15.9 Å². The number of hydrogen-bond acceptors (Lipinski definition) is 5. The topological polar surface area (TPSA) is 108 Å². The van der Waals surface area contributed by atoms with Crippen LogP contribution in [0.1, 0.15) is 78.2 Å². The Morgan fingerprint density at radius 2 is 2.00 bits per heavy atom. The Kier molecular flexibility index (Phi) is 7.37. The van der Waals surface area contributed by atoms with Crippen LogP contribution in [0, 0.1) is 16.7 Å². The highest BCUT2D eigenvalue weighted by Crippen LogP contribution is 2.64. The zero-order valence-corrected chi connectivity index (χ0v) is 20.7. The minimum Gasteiger partial charge on any atom is -0.390 e. The van der Waals surface area contributed by atoms with Crippen molar-refractivity contribution in [1.82, 2.24) is 15.0 Å². The lowest BCUT2D eigenvalue weighted by atomic mass is 9.57. The summed E-state index contributed by atoms with van der Waals surface area (Å²) in [5, 5.41) is 13.8. The number of carbonyl (C=O) groups is 1. The summed E-state index contributed by atoms with van der Waals surface area (Å²) in [5.74, 6) is 0.201. The molecule has 2 fully saturated rings. The van der Waals surface area contributed by atoms with Gasteiger partial charge in [0, 0.05) is 31.4 Å². The quantitative estimate of drug-likeness (QED) is 0.519. The molecule has 1 aromatic heterocycles. The molecule has 0 bridgehead atoms. The normalized spacial score (nSPS) is 31.8. The van der Waals surface area contributed by atoms with Crippen molar-refractivity contribution < 1.29 is 18.3 Å². The van der Waals surface area contributed by atoms with E-state index < -0.39 is 15.6 Å². The van der Waals surface area contributed by atoms with Crippen molar-refractivity contribution in [2.75, 3.05) is 5.75 Å². The lowest BCUT2D eigenvalue weighted by Gasteiger charge is -2.50. The molecule has 3 N–H and O–H groups in total. The van der Waals surface area contributed by atoms with Crippen molar-refractivity contribution in [2.45, 2.75) is 90.8 Å². The zero-order valence-electron chi connectivity index (χ0n) is 19.9. The maximum absolute atomic E-state index is 12.7. The fourth-order valence-corrected chi connectivity index (χ4v) is 7.49. The Bertz CT molecular complexity index is 901. The summed E-state index contributed by atoms with van der Waals surface area (Å²) in [6, 6.07) is 3.54. The number of aromatic nitrogens is 1. The van der Waals surface area contributed by atoms with E-state index in [1.165, 1.54) is 0 Å². The first-order valence-corrected chi connectivity index (χ1v) is 13.4. The third-order valence-electron chi connectivity index (χ3n) is 7.66. The summed E-state index contributed by atoms with van der Waals surface area (Å²) >= 11 is 0. The maximum Gasteiger partial charge on any atom is 0.220 e. The number of amides is 1. The standard InChI is InChI=1S/C24H39N3O4S/c1-5-13-32(30,31)27-20-15-22(2,3)19-14-23(4,29)10-11-24(19,20)9-8-21(28)26-17-18-7-6-12-25-16-18/h6-7,12,16,19-20,27,29H,5,8-11,13-15,17H2,1-4H3,(H,26,28). The molecule has 0 aromatic carbocycles. The van der Waals surface area contributed by atoms with Crippen LogP contribution in [0.15, 0.2) is 24.5 Å². The van der Waals surface area contributed by atoms with Crippen molar-refractivity contribution in [3.05, 3.63) is 30.1 Å². The van der Waals surface area contributed by atoms with Crippen LogP contribution in [0.3, 0.4) is 0 Å². The maximum atomic E-state index is 12.7. The van der Waals surface area contributed by atoms with Crippen LogP contribution >= 0.6 is 0 Å². The van der Waals surface area contributed by atoms with Gasteiger partial charge in [0.05, 0.1) is 11.4 Å². The number of sulfonamides is 1. The molecule has 0 spiro atoms. The Labute approximate surface area is 192 Å². The lowest BCUT2D eigenvalue weighted by Crippen LogP contribution is -2.53. The van der Waals surface area contributed by atoms with Gasteiger partial charge in [-0.2, -0.15) is 0 Å². The molecule has 0 saturated heterocycles. The van der Waals surface area contributed by atoms with Crippen molar-refractivity contribution in [3.63, 3.8) is 0 Å². The first-order valence-electron chi connectivity index (χ1n) is 11.8. The van der Waals surface area contributed by atoms with E-state index in [2.05, 4.69) is 28.9 Å². The molecule has 7 nitrogen and oxygen atoms in total. The third-order valence-corrected chi connectivity index (χ3v) is 9.25. The fourth-order valence-electron chi connectivity index (χ4n) is 6.08. The van der Waals surface area contributed by atoms with Crippen LogP contribution < -0.4 is 10.0 Å².